The lowest BCUT2D eigenvalue weighted by Gasteiger charge is -2.48. The molecule has 0 unspecified atom stereocenters. The second kappa shape index (κ2) is 5.52. The molecule has 4 nitrogen and oxygen atoms in total. The molecule has 0 radical (unpaired) electrons. The fraction of sp³-hybridized carbons (Fsp3) is 0.238. The highest BCUT2D eigenvalue weighted by molar-refractivity contribution is 9.10. The van der Waals surface area contributed by atoms with Crippen LogP contribution >= 0.6 is 15.9 Å². The van der Waals surface area contributed by atoms with Crippen LogP contribution in [-0.2, 0) is 10.2 Å². The van der Waals surface area contributed by atoms with Gasteiger partial charge in [-0.2, -0.15) is 0 Å². The molecule has 2 aromatic carbocycles. The van der Waals surface area contributed by atoms with E-state index >= 15 is 0 Å². The minimum absolute atomic E-state index is 0.0793. The van der Waals surface area contributed by atoms with Crippen LogP contribution in [0.3, 0.4) is 0 Å². The summed E-state index contributed by atoms with van der Waals surface area (Å²) in [6, 6.07) is 11.5. The molecule has 3 aromatic rings. The highest BCUT2D eigenvalue weighted by atomic mass is 79.9. The number of carbonyl (C=O) groups excluding carboxylic acids is 1. The van der Waals surface area contributed by atoms with Crippen molar-refractivity contribution < 1.29 is 9.18 Å². The van der Waals surface area contributed by atoms with Crippen LogP contribution in [0.1, 0.15) is 11.1 Å². The Morgan fingerprint density at radius 2 is 1.89 bits per heavy atom. The Labute approximate surface area is 164 Å². The number of carbonyl (C=O) groups is 1. The number of fused-ring (bicyclic) bond motifs is 4. The highest BCUT2D eigenvalue weighted by Crippen LogP contribution is 2.50. The third-order valence-corrected chi connectivity index (χ3v) is 6.37. The van der Waals surface area contributed by atoms with Crippen molar-refractivity contribution in [2.24, 2.45) is 0 Å². The molecule has 1 saturated heterocycles. The molecule has 1 fully saturated rings. The second-order valence-corrected chi connectivity index (χ2v) is 8.29. The molecule has 2 aliphatic heterocycles. The number of pyridine rings is 1. The van der Waals surface area contributed by atoms with Gasteiger partial charge in [-0.1, -0.05) is 17.7 Å². The number of benzene rings is 2. The maximum Gasteiger partial charge on any atom is 0.241 e. The molecule has 5 rings (SSSR count). The molecule has 27 heavy (non-hydrogen) atoms. The molecule has 6 heteroatoms. The summed E-state index contributed by atoms with van der Waals surface area (Å²) in [6.07, 6.45) is 1.69. The lowest BCUT2D eigenvalue weighted by molar-refractivity contribution is -0.123. The maximum absolute atomic E-state index is 14.0. The molecular formula is C21H17BrFN3O. The van der Waals surface area contributed by atoms with E-state index in [-0.39, 0.29) is 11.7 Å². The van der Waals surface area contributed by atoms with Gasteiger partial charge in [0.25, 0.3) is 0 Å². The molecule has 136 valence electrons. The smallest absolute Gasteiger partial charge is 0.241 e. The first-order valence-electron chi connectivity index (χ1n) is 8.79. The normalized spacial score (nSPS) is 17.6. The van der Waals surface area contributed by atoms with E-state index in [1.165, 1.54) is 11.6 Å². The first kappa shape index (κ1) is 16.7. The number of hydrogen-bond donors (Lipinski definition) is 0. The number of aryl methyl sites for hydroxylation is 1. The predicted molar refractivity (Wildman–Crippen MR) is 108 cm³/mol. The summed E-state index contributed by atoms with van der Waals surface area (Å²) in [6.45, 7) is 3.28. The van der Waals surface area contributed by atoms with E-state index in [1.54, 1.807) is 24.2 Å². The maximum atomic E-state index is 14.0. The first-order chi connectivity index (χ1) is 12.9. The number of amides is 1. The lowest BCUT2D eigenvalue weighted by atomic mass is 9.73. The van der Waals surface area contributed by atoms with Gasteiger partial charge in [0.2, 0.25) is 5.91 Å². The minimum atomic E-state index is -0.604. The van der Waals surface area contributed by atoms with E-state index < -0.39 is 5.41 Å². The quantitative estimate of drug-likeness (QED) is 0.586. The van der Waals surface area contributed by atoms with Gasteiger partial charge in [0, 0.05) is 42.8 Å². The van der Waals surface area contributed by atoms with Gasteiger partial charge < -0.3 is 9.80 Å². The first-order valence-corrected chi connectivity index (χ1v) is 9.58. The Morgan fingerprint density at radius 3 is 2.59 bits per heavy atom. The van der Waals surface area contributed by atoms with E-state index in [0.717, 1.165) is 22.3 Å². The van der Waals surface area contributed by atoms with Gasteiger partial charge >= 0.3 is 0 Å². The largest absolute Gasteiger partial charge is 0.369 e. The molecular weight excluding hydrogens is 409 g/mol. The van der Waals surface area contributed by atoms with E-state index in [2.05, 4.69) is 57.0 Å². The average Bonchev–Trinajstić information content (AvgIpc) is 2.84. The Morgan fingerprint density at radius 1 is 1.19 bits per heavy atom. The molecule has 0 saturated carbocycles. The summed E-state index contributed by atoms with van der Waals surface area (Å²) in [5.41, 5.74) is 4.07. The van der Waals surface area contributed by atoms with E-state index in [1.807, 2.05) is 0 Å². The van der Waals surface area contributed by atoms with Crippen molar-refractivity contribution >= 4 is 44.1 Å². The van der Waals surface area contributed by atoms with Crippen molar-refractivity contribution in [2.45, 2.75) is 12.3 Å². The predicted octanol–water partition coefficient (Wildman–Crippen LogP) is 4.18. The van der Waals surface area contributed by atoms with E-state index in [9.17, 15) is 9.18 Å². The Bertz CT molecular complexity index is 1110. The fourth-order valence-corrected chi connectivity index (χ4v) is 4.65. The number of hydrogen-bond acceptors (Lipinski definition) is 3. The summed E-state index contributed by atoms with van der Waals surface area (Å²) >= 11 is 3.28. The molecule has 1 spiro atoms. The van der Waals surface area contributed by atoms with Gasteiger partial charge in [-0.3, -0.25) is 9.78 Å². The topological polar surface area (TPSA) is 36.4 Å². The number of aromatic nitrogens is 1. The van der Waals surface area contributed by atoms with Crippen molar-refractivity contribution in [1.29, 1.82) is 0 Å². The Balaban J connectivity index is 1.64. The Kier molecular flexibility index (Phi) is 3.41. The van der Waals surface area contributed by atoms with Gasteiger partial charge in [-0.05, 0) is 41.1 Å². The minimum Gasteiger partial charge on any atom is -0.369 e. The van der Waals surface area contributed by atoms with Crippen LogP contribution in [-0.4, -0.2) is 31.0 Å². The lowest BCUT2D eigenvalue weighted by Crippen LogP contribution is -2.64. The van der Waals surface area contributed by atoms with Crippen LogP contribution in [0.4, 0.5) is 15.8 Å². The van der Waals surface area contributed by atoms with Crippen molar-refractivity contribution in [3.05, 3.63) is 64.0 Å². The summed E-state index contributed by atoms with van der Waals surface area (Å²) in [4.78, 5) is 21.5. The zero-order valence-corrected chi connectivity index (χ0v) is 16.5. The zero-order valence-electron chi connectivity index (χ0n) is 15.0. The molecule has 3 heterocycles. The van der Waals surface area contributed by atoms with Crippen LogP contribution in [0.15, 0.2) is 47.1 Å². The number of halogens is 2. The molecule has 1 aromatic heterocycles. The van der Waals surface area contributed by atoms with E-state index in [4.69, 9.17) is 0 Å². The fourth-order valence-electron chi connectivity index (χ4n) is 4.31. The van der Waals surface area contributed by atoms with Crippen molar-refractivity contribution in [1.82, 2.24) is 4.98 Å². The van der Waals surface area contributed by atoms with Gasteiger partial charge in [-0.15, -0.1) is 0 Å². The highest BCUT2D eigenvalue weighted by Gasteiger charge is 2.58. The molecule has 0 atom stereocenters. The van der Waals surface area contributed by atoms with Crippen molar-refractivity contribution in [3.8, 4) is 0 Å². The molecule has 1 amide bonds. The molecule has 0 N–H and O–H groups in total. The van der Waals surface area contributed by atoms with E-state index in [0.29, 0.717) is 23.1 Å². The van der Waals surface area contributed by atoms with Crippen LogP contribution in [0, 0.1) is 12.7 Å². The van der Waals surface area contributed by atoms with Crippen molar-refractivity contribution in [2.75, 3.05) is 29.9 Å². The summed E-state index contributed by atoms with van der Waals surface area (Å²) in [7, 11) is 1.79. The molecule has 0 bridgehead atoms. The third-order valence-electron chi connectivity index (χ3n) is 5.76. The van der Waals surface area contributed by atoms with Crippen LogP contribution < -0.4 is 9.80 Å². The summed E-state index contributed by atoms with van der Waals surface area (Å²) in [5.74, 6) is -0.271. The Hall–Kier alpha value is -2.47. The van der Waals surface area contributed by atoms with Crippen LogP contribution in [0.2, 0.25) is 0 Å². The zero-order chi connectivity index (χ0) is 18.9. The van der Waals surface area contributed by atoms with Gasteiger partial charge in [0.1, 0.15) is 11.2 Å². The molecule has 0 aliphatic carbocycles. The second-order valence-electron chi connectivity index (χ2n) is 7.44. The van der Waals surface area contributed by atoms with Gasteiger partial charge in [-0.25, -0.2) is 4.39 Å². The average molecular weight is 426 g/mol. The number of anilines is 2. The van der Waals surface area contributed by atoms with Crippen molar-refractivity contribution in [3.63, 3.8) is 0 Å². The number of rotatable bonds is 1. The third kappa shape index (κ3) is 2.19. The van der Waals surface area contributed by atoms with Crippen LogP contribution in [0.5, 0.6) is 0 Å². The standard InChI is InChI=1S/C21H17BrFN3O/c1-12-3-5-13(6-4-12)26-10-21(11-26)19-14-7-15(22)16(23)8-17(14)24-9-18(19)25(2)20(21)27/h3-9H,10-11H2,1-2H3. The van der Waals surface area contributed by atoms with Gasteiger partial charge in [0.05, 0.1) is 21.9 Å². The monoisotopic (exact) mass is 425 g/mol. The summed E-state index contributed by atoms with van der Waals surface area (Å²) in [5, 5.41) is 0.835. The summed E-state index contributed by atoms with van der Waals surface area (Å²) < 4.78 is 14.4. The number of likely N-dealkylation sites (N-methyl/N-ethyl adjacent to an activating group) is 1. The number of nitrogens with zero attached hydrogens (tertiary/aromatic N) is 3. The SMILES string of the molecule is Cc1ccc(N2CC3(C2)C(=O)N(C)c2cnc4cc(F)c(Br)cc4c23)cc1. The van der Waals surface area contributed by atoms with Gasteiger partial charge in [0.15, 0.2) is 0 Å². The van der Waals surface area contributed by atoms with Crippen LogP contribution in [0.25, 0.3) is 10.9 Å². The molecule has 2 aliphatic rings.